The molecule has 0 heterocycles. The molecule has 0 spiro atoms. The molecule has 3 heteroatoms. The standard InChI is InChI=1S/C16H28BrNSi/c1-16(2,3)18-11-14(12-19(4,5)6)13-8-7-9-15(17)10-13/h7-10,14,18H,11-12H2,1-6H3. The van der Waals surface area contributed by atoms with Crippen molar-refractivity contribution in [3.8, 4) is 0 Å². The predicted octanol–water partition coefficient (Wildman–Crippen LogP) is 5.26. The van der Waals surface area contributed by atoms with Gasteiger partial charge in [-0.3, -0.25) is 0 Å². The average molecular weight is 342 g/mol. The highest BCUT2D eigenvalue weighted by atomic mass is 79.9. The van der Waals surface area contributed by atoms with E-state index in [2.05, 4.69) is 85.9 Å². The normalized spacial score (nSPS) is 14.5. The fourth-order valence-electron chi connectivity index (χ4n) is 2.24. The average Bonchev–Trinajstić information content (AvgIpc) is 2.21. The molecular formula is C16H28BrNSi. The topological polar surface area (TPSA) is 12.0 Å². The molecule has 1 unspecified atom stereocenters. The Kier molecular flexibility index (Phi) is 5.84. The molecule has 0 radical (unpaired) electrons. The highest BCUT2D eigenvalue weighted by molar-refractivity contribution is 9.10. The van der Waals surface area contributed by atoms with E-state index in [1.807, 2.05) is 0 Å². The highest BCUT2D eigenvalue weighted by Gasteiger charge is 2.23. The molecule has 0 aliphatic heterocycles. The van der Waals surface area contributed by atoms with Gasteiger partial charge in [0.1, 0.15) is 0 Å². The monoisotopic (exact) mass is 341 g/mol. The number of halogens is 1. The molecule has 108 valence electrons. The van der Waals surface area contributed by atoms with Crippen molar-refractivity contribution in [1.29, 1.82) is 0 Å². The van der Waals surface area contributed by atoms with Crippen LogP contribution in [0.3, 0.4) is 0 Å². The first kappa shape index (κ1) is 16.9. The van der Waals surface area contributed by atoms with Crippen molar-refractivity contribution in [2.45, 2.75) is 57.9 Å². The number of nitrogens with one attached hydrogen (secondary N) is 1. The van der Waals surface area contributed by atoms with Crippen molar-refractivity contribution in [2.75, 3.05) is 6.54 Å². The van der Waals surface area contributed by atoms with Crippen LogP contribution in [-0.2, 0) is 0 Å². The lowest BCUT2D eigenvalue weighted by atomic mass is 9.99. The zero-order chi connectivity index (χ0) is 14.7. The molecular weight excluding hydrogens is 314 g/mol. The third-order valence-corrected chi connectivity index (χ3v) is 5.27. The van der Waals surface area contributed by atoms with E-state index >= 15 is 0 Å². The number of hydrogen-bond donors (Lipinski definition) is 1. The van der Waals surface area contributed by atoms with E-state index in [0.29, 0.717) is 5.92 Å². The molecule has 0 aliphatic rings. The van der Waals surface area contributed by atoms with Crippen LogP contribution in [0, 0.1) is 0 Å². The van der Waals surface area contributed by atoms with Crippen LogP contribution < -0.4 is 5.32 Å². The molecule has 0 saturated heterocycles. The lowest BCUT2D eigenvalue weighted by Gasteiger charge is -2.29. The molecule has 1 aromatic rings. The zero-order valence-electron chi connectivity index (χ0n) is 13.2. The van der Waals surface area contributed by atoms with Gasteiger partial charge in [0.2, 0.25) is 0 Å². The van der Waals surface area contributed by atoms with E-state index in [9.17, 15) is 0 Å². The van der Waals surface area contributed by atoms with Gasteiger partial charge in [0.25, 0.3) is 0 Å². The van der Waals surface area contributed by atoms with Crippen LogP contribution in [0.15, 0.2) is 28.7 Å². The maximum absolute atomic E-state index is 3.67. The van der Waals surface area contributed by atoms with Crippen LogP contribution in [0.25, 0.3) is 0 Å². The summed E-state index contributed by atoms with van der Waals surface area (Å²) in [6, 6.07) is 10.1. The van der Waals surface area contributed by atoms with Crippen molar-refractivity contribution in [3.05, 3.63) is 34.3 Å². The fourth-order valence-corrected chi connectivity index (χ4v) is 4.51. The van der Waals surface area contributed by atoms with Crippen molar-refractivity contribution < 1.29 is 0 Å². The summed E-state index contributed by atoms with van der Waals surface area (Å²) in [7, 11) is -1.07. The molecule has 1 rings (SSSR count). The summed E-state index contributed by atoms with van der Waals surface area (Å²) in [6.45, 7) is 15.1. The first-order valence-electron chi connectivity index (χ1n) is 7.07. The Morgan fingerprint density at radius 3 is 2.32 bits per heavy atom. The van der Waals surface area contributed by atoms with Gasteiger partial charge in [-0.2, -0.15) is 0 Å². The maximum atomic E-state index is 3.67. The minimum Gasteiger partial charge on any atom is -0.311 e. The van der Waals surface area contributed by atoms with Gasteiger partial charge in [-0.25, -0.2) is 0 Å². The van der Waals surface area contributed by atoms with Crippen LogP contribution in [0.5, 0.6) is 0 Å². The van der Waals surface area contributed by atoms with Crippen LogP contribution in [0.2, 0.25) is 25.7 Å². The second-order valence-electron chi connectivity index (χ2n) is 7.65. The number of benzene rings is 1. The molecule has 1 aromatic carbocycles. The summed E-state index contributed by atoms with van der Waals surface area (Å²) in [6.07, 6.45) is 0. The van der Waals surface area contributed by atoms with Gasteiger partial charge in [-0.1, -0.05) is 47.7 Å². The highest BCUT2D eigenvalue weighted by Crippen LogP contribution is 2.28. The van der Waals surface area contributed by atoms with Gasteiger partial charge in [0.05, 0.1) is 0 Å². The number of rotatable bonds is 5. The second-order valence-corrected chi connectivity index (χ2v) is 14.1. The van der Waals surface area contributed by atoms with Crippen molar-refractivity contribution in [1.82, 2.24) is 5.32 Å². The smallest absolute Gasteiger partial charge is 0.0449 e. The summed E-state index contributed by atoms with van der Waals surface area (Å²) in [5.74, 6) is 0.614. The summed E-state index contributed by atoms with van der Waals surface area (Å²) in [5, 5.41) is 3.67. The Labute approximate surface area is 128 Å². The SMILES string of the molecule is CC(C)(C)NCC(C[Si](C)(C)C)c1cccc(Br)c1. The molecule has 19 heavy (non-hydrogen) atoms. The zero-order valence-corrected chi connectivity index (χ0v) is 15.8. The maximum Gasteiger partial charge on any atom is 0.0449 e. The van der Waals surface area contributed by atoms with E-state index in [1.54, 1.807) is 0 Å². The Morgan fingerprint density at radius 1 is 1.21 bits per heavy atom. The van der Waals surface area contributed by atoms with E-state index in [-0.39, 0.29) is 5.54 Å². The lowest BCUT2D eigenvalue weighted by Crippen LogP contribution is -2.40. The Hall–Kier alpha value is -0.123. The molecule has 0 saturated carbocycles. The Morgan fingerprint density at radius 2 is 1.84 bits per heavy atom. The molecule has 0 aliphatic carbocycles. The third-order valence-electron chi connectivity index (χ3n) is 3.06. The van der Waals surface area contributed by atoms with E-state index < -0.39 is 8.07 Å². The second kappa shape index (κ2) is 6.55. The molecule has 0 aromatic heterocycles. The molecule has 0 amide bonds. The first-order valence-corrected chi connectivity index (χ1v) is 11.6. The molecule has 1 nitrogen and oxygen atoms in total. The summed E-state index contributed by atoms with van der Waals surface area (Å²) in [5.41, 5.74) is 1.64. The Balaban J connectivity index is 2.86. The first-order chi connectivity index (χ1) is 8.57. The van der Waals surface area contributed by atoms with Gasteiger partial charge in [-0.05, 0) is 50.4 Å². The van der Waals surface area contributed by atoms with Crippen LogP contribution >= 0.6 is 15.9 Å². The number of hydrogen-bond acceptors (Lipinski definition) is 1. The van der Waals surface area contributed by atoms with E-state index in [4.69, 9.17) is 0 Å². The molecule has 0 bridgehead atoms. The summed E-state index contributed by atoms with van der Waals surface area (Å²) >= 11 is 3.59. The van der Waals surface area contributed by atoms with Gasteiger partial charge in [0, 0.05) is 24.6 Å². The van der Waals surface area contributed by atoms with E-state index in [1.165, 1.54) is 16.1 Å². The van der Waals surface area contributed by atoms with Gasteiger partial charge >= 0.3 is 0 Å². The van der Waals surface area contributed by atoms with E-state index in [0.717, 1.165) is 6.54 Å². The van der Waals surface area contributed by atoms with Crippen molar-refractivity contribution in [3.63, 3.8) is 0 Å². The lowest BCUT2D eigenvalue weighted by molar-refractivity contribution is 0.411. The molecule has 0 fully saturated rings. The summed E-state index contributed by atoms with van der Waals surface area (Å²) < 4.78 is 1.18. The van der Waals surface area contributed by atoms with Crippen LogP contribution in [0.1, 0.15) is 32.3 Å². The van der Waals surface area contributed by atoms with Crippen molar-refractivity contribution >= 4 is 24.0 Å². The van der Waals surface area contributed by atoms with Crippen LogP contribution in [-0.4, -0.2) is 20.2 Å². The van der Waals surface area contributed by atoms with Crippen LogP contribution in [0.4, 0.5) is 0 Å². The Bertz CT molecular complexity index is 404. The van der Waals surface area contributed by atoms with Gasteiger partial charge < -0.3 is 5.32 Å². The largest absolute Gasteiger partial charge is 0.311 e. The minimum atomic E-state index is -1.07. The quantitative estimate of drug-likeness (QED) is 0.720. The minimum absolute atomic E-state index is 0.184. The van der Waals surface area contributed by atoms with Crippen molar-refractivity contribution in [2.24, 2.45) is 0 Å². The summed E-state index contributed by atoms with van der Waals surface area (Å²) in [4.78, 5) is 0. The third kappa shape index (κ3) is 7.28. The van der Waals surface area contributed by atoms with Gasteiger partial charge in [0.15, 0.2) is 0 Å². The molecule has 1 N–H and O–H groups in total. The predicted molar refractivity (Wildman–Crippen MR) is 92.8 cm³/mol. The fraction of sp³-hybridized carbons (Fsp3) is 0.625. The van der Waals surface area contributed by atoms with Gasteiger partial charge in [-0.15, -0.1) is 0 Å². The molecule has 1 atom stereocenters.